The number of unbranched alkanes of at least 4 members (excludes halogenated alkanes) is 1. The van der Waals surface area contributed by atoms with E-state index < -0.39 is 0 Å². The zero-order valence-electron chi connectivity index (χ0n) is 12.0. The number of carbonyl (C=O) groups is 1. The first-order chi connectivity index (χ1) is 10.1. The van der Waals surface area contributed by atoms with Gasteiger partial charge in [-0.2, -0.15) is 0 Å². The molecule has 2 aliphatic heterocycles. The Morgan fingerprint density at radius 1 is 1.24 bits per heavy atom. The third-order valence-corrected chi connectivity index (χ3v) is 6.32. The fourth-order valence-electron chi connectivity index (χ4n) is 2.34. The number of thiocarbonyl (C=S) groups is 1. The van der Waals surface area contributed by atoms with E-state index in [9.17, 15) is 4.79 Å². The fraction of sp³-hybridized carbons (Fsp3) is 0.333. The molecule has 0 spiro atoms. The number of hydrogen-bond donors (Lipinski definition) is 0. The molecule has 2 heterocycles. The van der Waals surface area contributed by atoms with Crippen LogP contribution in [0.15, 0.2) is 39.1 Å². The average Bonchev–Trinajstić information content (AvgIpc) is 2.96. The summed E-state index contributed by atoms with van der Waals surface area (Å²) in [5.74, 6) is 0.0561. The van der Waals surface area contributed by atoms with Crippen molar-refractivity contribution in [1.29, 1.82) is 0 Å². The molecule has 1 aromatic carbocycles. The number of nitrogens with zero attached hydrogens (tertiary/aromatic N) is 2. The maximum absolute atomic E-state index is 12.6. The number of rotatable bonds is 3. The standard InChI is InChI=1S/C15H16N2OS3/c1-3-4-9-17-13(18)12(21-15(17)19)14-16(2)10-7-5-6-8-11(10)20-14/h5-8H,3-4,9H2,1-2H3/b14-12-. The Labute approximate surface area is 138 Å². The Bertz CT molecular complexity index is 642. The summed E-state index contributed by atoms with van der Waals surface area (Å²) in [5, 5.41) is 0.993. The summed E-state index contributed by atoms with van der Waals surface area (Å²) >= 11 is 8.45. The molecule has 0 radical (unpaired) electrons. The van der Waals surface area contributed by atoms with Crippen LogP contribution in [0.4, 0.5) is 5.69 Å². The fourth-order valence-corrected chi connectivity index (χ4v) is 4.97. The van der Waals surface area contributed by atoms with Crippen molar-refractivity contribution in [1.82, 2.24) is 4.90 Å². The lowest BCUT2D eigenvalue weighted by Gasteiger charge is -2.15. The van der Waals surface area contributed by atoms with Crippen LogP contribution in [0, 0.1) is 0 Å². The highest BCUT2D eigenvalue weighted by Crippen LogP contribution is 2.49. The molecule has 21 heavy (non-hydrogen) atoms. The number of amides is 1. The van der Waals surface area contributed by atoms with E-state index in [4.69, 9.17) is 12.2 Å². The van der Waals surface area contributed by atoms with E-state index in [1.54, 1.807) is 16.7 Å². The molecular weight excluding hydrogens is 320 g/mol. The predicted octanol–water partition coefficient (Wildman–Crippen LogP) is 4.06. The van der Waals surface area contributed by atoms with Gasteiger partial charge in [-0.25, -0.2) is 0 Å². The second-order valence-electron chi connectivity index (χ2n) is 4.94. The molecule has 0 N–H and O–H groups in total. The second kappa shape index (κ2) is 6.02. The van der Waals surface area contributed by atoms with Crippen LogP contribution in [0.5, 0.6) is 0 Å². The number of benzene rings is 1. The zero-order valence-corrected chi connectivity index (χ0v) is 14.4. The van der Waals surface area contributed by atoms with E-state index in [0.717, 1.165) is 35.0 Å². The maximum Gasteiger partial charge on any atom is 0.268 e. The number of anilines is 1. The van der Waals surface area contributed by atoms with Crippen molar-refractivity contribution >= 4 is 51.7 Å². The van der Waals surface area contributed by atoms with Crippen LogP contribution in [0.25, 0.3) is 0 Å². The van der Waals surface area contributed by atoms with Gasteiger partial charge in [0.1, 0.15) is 9.23 Å². The van der Waals surface area contributed by atoms with E-state index in [1.807, 2.05) is 19.2 Å². The van der Waals surface area contributed by atoms with Gasteiger partial charge in [0.25, 0.3) is 5.91 Å². The minimum atomic E-state index is 0.0561. The summed E-state index contributed by atoms with van der Waals surface area (Å²) in [6.07, 6.45) is 2.04. The Morgan fingerprint density at radius 2 is 2.00 bits per heavy atom. The highest BCUT2D eigenvalue weighted by Gasteiger charge is 2.37. The highest BCUT2D eigenvalue weighted by molar-refractivity contribution is 8.27. The molecule has 0 saturated carbocycles. The smallest absolute Gasteiger partial charge is 0.268 e. The molecule has 1 amide bonds. The molecule has 1 fully saturated rings. The van der Waals surface area contributed by atoms with Crippen LogP contribution in [0.2, 0.25) is 0 Å². The second-order valence-corrected chi connectivity index (χ2v) is 7.62. The van der Waals surface area contributed by atoms with Gasteiger partial charge >= 0.3 is 0 Å². The van der Waals surface area contributed by atoms with Gasteiger partial charge < -0.3 is 4.90 Å². The Morgan fingerprint density at radius 3 is 2.71 bits per heavy atom. The van der Waals surface area contributed by atoms with Gasteiger partial charge in [-0.15, -0.1) is 0 Å². The molecule has 3 rings (SSSR count). The Balaban J connectivity index is 1.91. The van der Waals surface area contributed by atoms with Crippen molar-refractivity contribution in [3.63, 3.8) is 0 Å². The van der Waals surface area contributed by atoms with Crippen molar-refractivity contribution < 1.29 is 4.79 Å². The molecule has 0 aromatic heterocycles. The van der Waals surface area contributed by atoms with Gasteiger partial charge in [0, 0.05) is 18.5 Å². The van der Waals surface area contributed by atoms with E-state index >= 15 is 0 Å². The normalized spacial score (nSPS) is 21.4. The molecule has 6 heteroatoms. The average molecular weight is 337 g/mol. The third-order valence-electron chi connectivity index (χ3n) is 3.52. The lowest BCUT2D eigenvalue weighted by atomic mass is 10.3. The van der Waals surface area contributed by atoms with E-state index in [-0.39, 0.29) is 5.91 Å². The SMILES string of the molecule is CCCCN1C(=O)/C(=C2/Sc3ccccc3N2C)SC1=S. The van der Waals surface area contributed by atoms with Crippen LogP contribution in [0.1, 0.15) is 19.8 Å². The summed E-state index contributed by atoms with van der Waals surface area (Å²) in [7, 11) is 2.01. The summed E-state index contributed by atoms with van der Waals surface area (Å²) in [5.41, 5.74) is 1.15. The monoisotopic (exact) mass is 336 g/mol. The van der Waals surface area contributed by atoms with Crippen LogP contribution in [-0.2, 0) is 4.79 Å². The van der Waals surface area contributed by atoms with Crippen LogP contribution in [-0.4, -0.2) is 28.7 Å². The maximum atomic E-state index is 12.6. The summed E-state index contributed by atoms with van der Waals surface area (Å²) in [4.78, 5) is 18.4. The van der Waals surface area contributed by atoms with Crippen molar-refractivity contribution in [2.24, 2.45) is 0 Å². The van der Waals surface area contributed by atoms with Crippen molar-refractivity contribution in [3.05, 3.63) is 34.2 Å². The van der Waals surface area contributed by atoms with Crippen molar-refractivity contribution in [2.75, 3.05) is 18.5 Å². The van der Waals surface area contributed by atoms with Crippen LogP contribution < -0.4 is 4.90 Å². The van der Waals surface area contributed by atoms with E-state index in [0.29, 0.717) is 4.32 Å². The highest BCUT2D eigenvalue weighted by atomic mass is 32.2. The first kappa shape index (κ1) is 14.9. The first-order valence-corrected chi connectivity index (χ1v) is 8.96. The van der Waals surface area contributed by atoms with Gasteiger partial charge in [-0.05, 0) is 18.6 Å². The molecule has 0 aliphatic carbocycles. The van der Waals surface area contributed by atoms with Crippen molar-refractivity contribution in [2.45, 2.75) is 24.7 Å². The van der Waals surface area contributed by atoms with E-state index in [1.165, 1.54) is 16.7 Å². The van der Waals surface area contributed by atoms with Crippen LogP contribution in [0.3, 0.4) is 0 Å². The van der Waals surface area contributed by atoms with Crippen LogP contribution >= 0.6 is 35.7 Å². The number of thioether (sulfide) groups is 2. The number of carbonyl (C=O) groups excluding carboxylic acids is 1. The first-order valence-electron chi connectivity index (χ1n) is 6.92. The summed E-state index contributed by atoms with van der Waals surface area (Å²) in [6.45, 7) is 2.84. The summed E-state index contributed by atoms with van der Waals surface area (Å²) in [6, 6.07) is 8.20. The van der Waals surface area contributed by atoms with Gasteiger partial charge in [-0.3, -0.25) is 9.69 Å². The van der Waals surface area contributed by atoms with Gasteiger partial charge in [-0.1, -0.05) is 61.2 Å². The molecule has 0 unspecified atom stereocenters. The number of hydrogen-bond acceptors (Lipinski definition) is 5. The number of para-hydroxylation sites is 1. The quantitative estimate of drug-likeness (QED) is 0.612. The predicted molar refractivity (Wildman–Crippen MR) is 94.5 cm³/mol. The number of fused-ring (bicyclic) bond motifs is 1. The van der Waals surface area contributed by atoms with Gasteiger partial charge in [0.05, 0.1) is 10.7 Å². The molecule has 1 saturated heterocycles. The molecule has 0 bridgehead atoms. The minimum absolute atomic E-state index is 0.0561. The zero-order chi connectivity index (χ0) is 15.0. The molecule has 3 nitrogen and oxygen atoms in total. The molecule has 110 valence electrons. The minimum Gasteiger partial charge on any atom is -0.337 e. The van der Waals surface area contributed by atoms with Crippen molar-refractivity contribution in [3.8, 4) is 0 Å². The Kier molecular flexibility index (Phi) is 4.28. The Hall–Kier alpha value is -0.980. The molecular formula is C15H16N2OS3. The topological polar surface area (TPSA) is 23.6 Å². The molecule has 0 atom stereocenters. The lowest BCUT2D eigenvalue weighted by Crippen LogP contribution is -2.29. The van der Waals surface area contributed by atoms with Gasteiger partial charge in [0.2, 0.25) is 0 Å². The van der Waals surface area contributed by atoms with E-state index in [2.05, 4.69) is 24.0 Å². The molecule has 2 aliphatic rings. The third kappa shape index (κ3) is 2.60. The molecule has 1 aromatic rings. The largest absolute Gasteiger partial charge is 0.337 e. The lowest BCUT2D eigenvalue weighted by molar-refractivity contribution is -0.122. The summed E-state index contributed by atoms with van der Waals surface area (Å²) < 4.78 is 0.681. The van der Waals surface area contributed by atoms with Gasteiger partial charge in [0.15, 0.2) is 0 Å².